The van der Waals surface area contributed by atoms with Crippen LogP contribution in [0.4, 0.5) is 4.39 Å². The van der Waals surface area contributed by atoms with E-state index in [9.17, 15) is 14.0 Å². The third-order valence-electron chi connectivity index (χ3n) is 3.72. The highest BCUT2D eigenvalue weighted by molar-refractivity contribution is 5.85. The molecule has 0 saturated carbocycles. The molecule has 1 saturated heterocycles. The van der Waals surface area contributed by atoms with Crippen LogP contribution in [0.1, 0.15) is 24.9 Å². The molecule has 0 spiro atoms. The quantitative estimate of drug-likeness (QED) is 0.862. The van der Waals surface area contributed by atoms with E-state index in [1.165, 1.54) is 6.07 Å². The van der Waals surface area contributed by atoms with Crippen LogP contribution in [0.2, 0.25) is 0 Å². The summed E-state index contributed by atoms with van der Waals surface area (Å²) in [7, 11) is 0. The predicted molar refractivity (Wildman–Crippen MR) is 76.7 cm³/mol. The molecule has 1 heterocycles. The number of benzene rings is 1. The number of nitrogens with one attached hydrogen (secondary N) is 1. The van der Waals surface area contributed by atoms with E-state index in [-0.39, 0.29) is 36.8 Å². The average Bonchev–Trinajstić information content (AvgIpc) is 2.86. The molecule has 1 aliphatic rings. The monoisotopic (exact) mass is 293 g/mol. The second kappa shape index (κ2) is 6.67. The normalized spacial score (nSPS) is 21.4. The van der Waals surface area contributed by atoms with E-state index in [0.29, 0.717) is 18.0 Å². The van der Waals surface area contributed by atoms with Crippen LogP contribution in [0, 0.1) is 11.7 Å². The van der Waals surface area contributed by atoms with E-state index in [4.69, 9.17) is 5.73 Å². The van der Waals surface area contributed by atoms with E-state index >= 15 is 0 Å². The summed E-state index contributed by atoms with van der Waals surface area (Å²) in [6, 6.07) is 6.22. The number of hydrogen-bond donors (Lipinski definition) is 2. The molecule has 0 bridgehead atoms. The highest BCUT2D eigenvalue weighted by Crippen LogP contribution is 2.36. The molecule has 2 amide bonds. The molecule has 1 aliphatic heterocycles. The molecule has 2 unspecified atom stereocenters. The number of likely N-dealkylation sites (tertiary alicyclic amines) is 1. The summed E-state index contributed by atoms with van der Waals surface area (Å²) in [5.41, 5.74) is 5.71. The molecule has 1 fully saturated rings. The van der Waals surface area contributed by atoms with Crippen LogP contribution < -0.4 is 11.1 Å². The molecule has 1 aromatic carbocycles. The maximum atomic E-state index is 13.9. The van der Waals surface area contributed by atoms with Gasteiger partial charge >= 0.3 is 0 Å². The molecule has 3 N–H and O–H groups in total. The summed E-state index contributed by atoms with van der Waals surface area (Å²) >= 11 is 0. The Balaban J connectivity index is 2.12. The Bertz CT molecular complexity index is 535. The van der Waals surface area contributed by atoms with E-state index in [1.807, 2.05) is 6.92 Å². The summed E-state index contributed by atoms with van der Waals surface area (Å²) in [5.74, 6) is -0.600. The fraction of sp³-hybridized carbons (Fsp3) is 0.467. The Labute approximate surface area is 123 Å². The van der Waals surface area contributed by atoms with E-state index in [0.717, 1.165) is 6.42 Å². The van der Waals surface area contributed by atoms with Crippen molar-refractivity contribution in [2.75, 3.05) is 19.6 Å². The number of halogens is 1. The van der Waals surface area contributed by atoms with Crippen molar-refractivity contribution in [1.29, 1.82) is 0 Å². The topological polar surface area (TPSA) is 75.4 Å². The van der Waals surface area contributed by atoms with Gasteiger partial charge in [-0.3, -0.25) is 9.59 Å². The standard InChI is InChI=1S/C15H20FN3O2/c1-10-6-13(11-4-2-3-5-12(11)16)19(9-10)15(21)8-18-14(20)7-17/h2-5,10,13H,6-9,17H2,1H3,(H,18,20). The Morgan fingerprint density at radius 1 is 1.43 bits per heavy atom. The highest BCUT2D eigenvalue weighted by Gasteiger charge is 2.35. The second-order valence-electron chi connectivity index (χ2n) is 5.41. The van der Waals surface area contributed by atoms with Crippen molar-refractivity contribution in [2.24, 2.45) is 11.7 Å². The zero-order valence-corrected chi connectivity index (χ0v) is 12.0. The summed E-state index contributed by atoms with van der Waals surface area (Å²) in [6.07, 6.45) is 0.720. The molecule has 5 nitrogen and oxygen atoms in total. The largest absolute Gasteiger partial charge is 0.346 e. The number of nitrogens with two attached hydrogens (primary N) is 1. The molecule has 6 heteroatoms. The first-order valence-electron chi connectivity index (χ1n) is 7.03. The maximum absolute atomic E-state index is 13.9. The maximum Gasteiger partial charge on any atom is 0.242 e. The van der Waals surface area contributed by atoms with Crippen molar-refractivity contribution in [3.63, 3.8) is 0 Å². The Kier molecular flexibility index (Phi) is 4.90. The van der Waals surface area contributed by atoms with Crippen molar-refractivity contribution >= 4 is 11.8 Å². The van der Waals surface area contributed by atoms with Gasteiger partial charge in [-0.25, -0.2) is 4.39 Å². The third-order valence-corrected chi connectivity index (χ3v) is 3.72. The van der Waals surface area contributed by atoms with E-state index in [2.05, 4.69) is 5.32 Å². The Hall–Kier alpha value is -1.95. The van der Waals surface area contributed by atoms with Gasteiger partial charge in [-0.05, 0) is 18.4 Å². The van der Waals surface area contributed by atoms with Gasteiger partial charge in [-0.2, -0.15) is 0 Å². The minimum atomic E-state index is -0.377. The number of carbonyl (C=O) groups is 2. The van der Waals surface area contributed by atoms with Crippen LogP contribution in [0.3, 0.4) is 0 Å². The van der Waals surface area contributed by atoms with Crippen LogP contribution >= 0.6 is 0 Å². The Morgan fingerprint density at radius 3 is 2.81 bits per heavy atom. The lowest BCUT2D eigenvalue weighted by Gasteiger charge is -2.25. The fourth-order valence-corrected chi connectivity index (χ4v) is 2.71. The number of rotatable bonds is 4. The Morgan fingerprint density at radius 2 is 2.14 bits per heavy atom. The minimum absolute atomic E-state index is 0.103. The van der Waals surface area contributed by atoms with Crippen LogP contribution in [0.5, 0.6) is 0 Å². The van der Waals surface area contributed by atoms with Gasteiger partial charge in [0.2, 0.25) is 11.8 Å². The van der Waals surface area contributed by atoms with Crippen molar-refractivity contribution in [2.45, 2.75) is 19.4 Å². The number of hydrogen-bond acceptors (Lipinski definition) is 3. The molecule has 0 aliphatic carbocycles. The zero-order chi connectivity index (χ0) is 15.4. The van der Waals surface area contributed by atoms with Crippen LogP contribution in [-0.4, -0.2) is 36.3 Å². The van der Waals surface area contributed by atoms with Crippen molar-refractivity contribution < 1.29 is 14.0 Å². The highest BCUT2D eigenvalue weighted by atomic mass is 19.1. The summed E-state index contributed by atoms with van der Waals surface area (Å²) in [6.45, 7) is 2.34. The lowest BCUT2D eigenvalue weighted by atomic mass is 10.0. The smallest absolute Gasteiger partial charge is 0.242 e. The number of amides is 2. The van der Waals surface area contributed by atoms with Crippen LogP contribution in [0.15, 0.2) is 24.3 Å². The second-order valence-corrected chi connectivity index (χ2v) is 5.41. The lowest BCUT2D eigenvalue weighted by Crippen LogP contribution is -2.42. The zero-order valence-electron chi connectivity index (χ0n) is 12.0. The molecule has 0 radical (unpaired) electrons. The molecule has 114 valence electrons. The average molecular weight is 293 g/mol. The van der Waals surface area contributed by atoms with Gasteiger partial charge in [-0.1, -0.05) is 25.1 Å². The summed E-state index contributed by atoms with van der Waals surface area (Å²) in [5, 5.41) is 2.46. The fourth-order valence-electron chi connectivity index (χ4n) is 2.71. The van der Waals surface area contributed by atoms with Gasteiger partial charge < -0.3 is 16.0 Å². The molecule has 0 aromatic heterocycles. The SMILES string of the molecule is CC1CC(c2ccccc2F)N(C(=O)CNC(=O)CN)C1. The van der Waals surface area contributed by atoms with Gasteiger partial charge in [0.15, 0.2) is 0 Å². The van der Waals surface area contributed by atoms with Gasteiger partial charge in [0.25, 0.3) is 0 Å². The molecule has 2 atom stereocenters. The molecule has 2 rings (SSSR count). The first-order chi connectivity index (χ1) is 10.0. The van der Waals surface area contributed by atoms with Crippen LogP contribution in [0.25, 0.3) is 0 Å². The first-order valence-corrected chi connectivity index (χ1v) is 7.03. The van der Waals surface area contributed by atoms with Crippen molar-refractivity contribution in [3.8, 4) is 0 Å². The molecular formula is C15H20FN3O2. The lowest BCUT2D eigenvalue weighted by molar-refractivity contribution is -0.133. The molecular weight excluding hydrogens is 273 g/mol. The predicted octanol–water partition coefficient (Wildman–Crippen LogP) is 0.810. The molecule has 1 aromatic rings. The number of nitrogens with zero attached hydrogens (tertiary/aromatic N) is 1. The summed E-state index contributed by atoms with van der Waals surface area (Å²) in [4.78, 5) is 25.0. The first kappa shape index (κ1) is 15.4. The molecule has 21 heavy (non-hydrogen) atoms. The van der Waals surface area contributed by atoms with Crippen LogP contribution in [-0.2, 0) is 9.59 Å². The van der Waals surface area contributed by atoms with Gasteiger partial charge in [0, 0.05) is 12.1 Å². The van der Waals surface area contributed by atoms with Gasteiger partial charge in [0.1, 0.15) is 5.82 Å². The number of carbonyl (C=O) groups excluding carboxylic acids is 2. The minimum Gasteiger partial charge on any atom is -0.346 e. The van der Waals surface area contributed by atoms with Crippen molar-refractivity contribution in [3.05, 3.63) is 35.6 Å². The third kappa shape index (κ3) is 3.58. The van der Waals surface area contributed by atoms with E-state index in [1.54, 1.807) is 23.1 Å². The van der Waals surface area contributed by atoms with Crippen molar-refractivity contribution in [1.82, 2.24) is 10.2 Å². The summed E-state index contributed by atoms with van der Waals surface area (Å²) < 4.78 is 13.9. The van der Waals surface area contributed by atoms with Gasteiger partial charge in [-0.15, -0.1) is 0 Å². The van der Waals surface area contributed by atoms with Gasteiger partial charge in [0.05, 0.1) is 19.1 Å². The van der Waals surface area contributed by atoms with E-state index < -0.39 is 0 Å².